The average molecular weight is 297 g/mol. The van der Waals surface area contributed by atoms with Crippen LogP contribution in [0.25, 0.3) is 11.1 Å². The maximum Gasteiger partial charge on any atom is 0.573 e. The second-order valence-electron chi connectivity index (χ2n) is 4.15. The zero-order valence-electron chi connectivity index (χ0n) is 10.6. The third-order valence-electron chi connectivity index (χ3n) is 2.58. The summed E-state index contributed by atoms with van der Waals surface area (Å²) in [6.07, 6.45) is -3.72. The number of hydrogen-bond donors (Lipinski definition) is 1. The van der Waals surface area contributed by atoms with Crippen molar-refractivity contribution in [1.29, 1.82) is 0 Å². The van der Waals surface area contributed by atoms with Crippen LogP contribution in [0.15, 0.2) is 42.6 Å². The molecule has 1 aromatic carbocycles. The molecule has 0 aliphatic rings. The molecule has 2 aromatic rings. The lowest BCUT2D eigenvalue weighted by Gasteiger charge is -2.13. The van der Waals surface area contributed by atoms with E-state index in [4.69, 9.17) is 5.11 Å². The first kappa shape index (κ1) is 14.8. The summed E-state index contributed by atoms with van der Waals surface area (Å²) in [5.74, 6) is -1.37. The van der Waals surface area contributed by atoms with Gasteiger partial charge in [0, 0.05) is 17.3 Å². The zero-order valence-corrected chi connectivity index (χ0v) is 10.6. The van der Waals surface area contributed by atoms with Gasteiger partial charge in [-0.05, 0) is 12.1 Å². The summed E-state index contributed by atoms with van der Waals surface area (Å²) in [5, 5.41) is 8.64. The summed E-state index contributed by atoms with van der Waals surface area (Å²) in [5.41, 5.74) is 0.952. The van der Waals surface area contributed by atoms with Crippen LogP contribution in [-0.2, 0) is 11.2 Å². The van der Waals surface area contributed by atoms with Gasteiger partial charge in [0.1, 0.15) is 5.75 Å². The number of aromatic nitrogens is 1. The highest BCUT2D eigenvalue weighted by atomic mass is 19.4. The van der Waals surface area contributed by atoms with Crippen molar-refractivity contribution in [3.8, 4) is 16.9 Å². The van der Waals surface area contributed by atoms with Gasteiger partial charge < -0.3 is 9.84 Å². The summed E-state index contributed by atoms with van der Waals surface area (Å²) in [6, 6.07) is 8.63. The van der Waals surface area contributed by atoms with E-state index in [2.05, 4.69) is 9.72 Å². The number of alkyl halides is 3. The Hall–Kier alpha value is -2.57. The molecule has 110 valence electrons. The first-order chi connectivity index (χ1) is 9.85. The molecule has 2 rings (SSSR count). The van der Waals surface area contributed by atoms with Crippen LogP contribution in [0.2, 0.25) is 0 Å². The lowest BCUT2D eigenvalue weighted by molar-refractivity contribution is -0.274. The Labute approximate surface area is 117 Å². The number of rotatable bonds is 4. The average Bonchev–Trinajstić information content (AvgIpc) is 2.38. The molecular formula is C14H10F3NO3. The van der Waals surface area contributed by atoms with Gasteiger partial charge in [0.05, 0.1) is 12.1 Å². The van der Waals surface area contributed by atoms with E-state index in [1.165, 1.54) is 36.5 Å². The third-order valence-corrected chi connectivity index (χ3v) is 2.58. The quantitative estimate of drug-likeness (QED) is 0.941. The fourth-order valence-electron chi connectivity index (χ4n) is 1.76. The molecule has 0 saturated heterocycles. The number of benzene rings is 1. The van der Waals surface area contributed by atoms with Crippen LogP contribution in [0, 0.1) is 0 Å². The van der Waals surface area contributed by atoms with Crippen LogP contribution >= 0.6 is 0 Å². The molecule has 4 nitrogen and oxygen atoms in total. The number of pyridine rings is 1. The molecule has 0 aliphatic carbocycles. The molecule has 21 heavy (non-hydrogen) atoms. The van der Waals surface area contributed by atoms with Gasteiger partial charge in [-0.1, -0.05) is 24.3 Å². The number of carbonyl (C=O) groups is 1. The molecule has 0 radical (unpaired) electrons. The number of carboxylic acids is 1. The molecule has 1 N–H and O–H groups in total. The van der Waals surface area contributed by atoms with E-state index >= 15 is 0 Å². The van der Waals surface area contributed by atoms with Crippen molar-refractivity contribution >= 4 is 5.97 Å². The second-order valence-corrected chi connectivity index (χ2v) is 4.15. The largest absolute Gasteiger partial charge is 0.573 e. The molecule has 7 heteroatoms. The van der Waals surface area contributed by atoms with Crippen LogP contribution in [0.4, 0.5) is 13.2 Å². The standard InChI is InChI=1S/C14H10F3NO3/c15-14(16,17)21-12-4-2-1-3-11(12)9-5-6-10(18-8-9)7-13(19)20/h1-6,8H,7H2,(H,19,20). The summed E-state index contributed by atoms with van der Waals surface area (Å²) in [4.78, 5) is 14.5. The van der Waals surface area contributed by atoms with Crippen LogP contribution in [-0.4, -0.2) is 22.4 Å². The van der Waals surface area contributed by atoms with Crippen molar-refractivity contribution < 1.29 is 27.8 Å². The van der Waals surface area contributed by atoms with Gasteiger partial charge in [-0.15, -0.1) is 13.2 Å². The SMILES string of the molecule is O=C(O)Cc1ccc(-c2ccccc2OC(F)(F)F)cn1. The van der Waals surface area contributed by atoms with E-state index in [0.717, 1.165) is 0 Å². The Morgan fingerprint density at radius 3 is 2.48 bits per heavy atom. The van der Waals surface area contributed by atoms with E-state index < -0.39 is 12.3 Å². The van der Waals surface area contributed by atoms with E-state index in [-0.39, 0.29) is 17.7 Å². The number of ether oxygens (including phenoxy) is 1. The Balaban J connectivity index is 2.31. The molecule has 0 spiro atoms. The molecule has 0 atom stereocenters. The second kappa shape index (κ2) is 5.82. The minimum Gasteiger partial charge on any atom is -0.481 e. The molecule has 0 amide bonds. The van der Waals surface area contributed by atoms with Gasteiger partial charge in [-0.2, -0.15) is 0 Å². The summed E-state index contributed by atoms with van der Waals surface area (Å²) < 4.78 is 41.0. The van der Waals surface area contributed by atoms with Crippen LogP contribution < -0.4 is 4.74 Å². The lowest BCUT2D eigenvalue weighted by atomic mass is 10.1. The molecule has 0 unspecified atom stereocenters. The van der Waals surface area contributed by atoms with Gasteiger partial charge in [-0.3, -0.25) is 9.78 Å². The summed E-state index contributed by atoms with van der Waals surface area (Å²) >= 11 is 0. The lowest BCUT2D eigenvalue weighted by Crippen LogP contribution is -2.17. The van der Waals surface area contributed by atoms with E-state index in [1.807, 2.05) is 0 Å². The fourth-order valence-corrected chi connectivity index (χ4v) is 1.76. The van der Waals surface area contributed by atoms with Gasteiger partial charge >= 0.3 is 12.3 Å². The highest BCUT2D eigenvalue weighted by Gasteiger charge is 2.32. The fraction of sp³-hybridized carbons (Fsp3) is 0.143. The Kier molecular flexibility index (Phi) is 4.11. The summed E-state index contributed by atoms with van der Waals surface area (Å²) in [7, 11) is 0. The first-order valence-corrected chi connectivity index (χ1v) is 5.87. The maximum atomic E-state index is 12.3. The Morgan fingerprint density at radius 2 is 1.90 bits per heavy atom. The predicted molar refractivity (Wildman–Crippen MR) is 67.7 cm³/mol. The van der Waals surface area contributed by atoms with Crippen molar-refractivity contribution in [3.63, 3.8) is 0 Å². The van der Waals surface area contributed by atoms with Crippen molar-refractivity contribution in [3.05, 3.63) is 48.3 Å². The molecule has 1 aromatic heterocycles. The van der Waals surface area contributed by atoms with Gasteiger partial charge in [0.25, 0.3) is 0 Å². The predicted octanol–water partition coefficient (Wildman–Crippen LogP) is 3.27. The monoisotopic (exact) mass is 297 g/mol. The molecule has 0 saturated carbocycles. The van der Waals surface area contributed by atoms with E-state index in [1.54, 1.807) is 6.07 Å². The molecule has 1 heterocycles. The van der Waals surface area contributed by atoms with E-state index in [0.29, 0.717) is 11.3 Å². The van der Waals surface area contributed by atoms with E-state index in [9.17, 15) is 18.0 Å². The van der Waals surface area contributed by atoms with Gasteiger partial charge in [0.2, 0.25) is 0 Å². The highest BCUT2D eigenvalue weighted by Crippen LogP contribution is 2.33. The first-order valence-electron chi connectivity index (χ1n) is 5.87. The van der Waals surface area contributed by atoms with Crippen LogP contribution in [0.1, 0.15) is 5.69 Å². The highest BCUT2D eigenvalue weighted by molar-refractivity contribution is 5.71. The molecule has 0 aliphatic heterocycles. The Morgan fingerprint density at radius 1 is 1.19 bits per heavy atom. The number of carboxylic acid groups (broad SMARTS) is 1. The minimum absolute atomic E-state index is 0.226. The minimum atomic E-state index is -4.78. The number of nitrogens with zero attached hydrogens (tertiary/aromatic N) is 1. The number of para-hydroxylation sites is 1. The van der Waals surface area contributed by atoms with Crippen LogP contribution in [0.5, 0.6) is 5.75 Å². The van der Waals surface area contributed by atoms with Crippen molar-refractivity contribution in [1.82, 2.24) is 4.98 Å². The molecular weight excluding hydrogens is 287 g/mol. The van der Waals surface area contributed by atoms with Crippen LogP contribution in [0.3, 0.4) is 0 Å². The van der Waals surface area contributed by atoms with Gasteiger partial charge in [-0.25, -0.2) is 0 Å². The number of halogens is 3. The topological polar surface area (TPSA) is 59.4 Å². The number of aliphatic carboxylic acids is 1. The summed E-state index contributed by atoms with van der Waals surface area (Å²) in [6.45, 7) is 0. The Bertz CT molecular complexity index is 639. The molecule has 0 bridgehead atoms. The molecule has 0 fully saturated rings. The number of hydrogen-bond acceptors (Lipinski definition) is 3. The maximum absolute atomic E-state index is 12.3. The third kappa shape index (κ3) is 4.20. The van der Waals surface area contributed by atoms with Crippen molar-refractivity contribution in [2.45, 2.75) is 12.8 Å². The van der Waals surface area contributed by atoms with Crippen molar-refractivity contribution in [2.24, 2.45) is 0 Å². The smallest absolute Gasteiger partial charge is 0.481 e. The zero-order chi connectivity index (χ0) is 15.5. The van der Waals surface area contributed by atoms with Crippen molar-refractivity contribution in [2.75, 3.05) is 0 Å². The van der Waals surface area contributed by atoms with Gasteiger partial charge in [0.15, 0.2) is 0 Å². The normalized spacial score (nSPS) is 11.2.